The van der Waals surface area contributed by atoms with Gasteiger partial charge in [-0.15, -0.1) is 0 Å². The van der Waals surface area contributed by atoms with E-state index < -0.39 is 5.97 Å². The van der Waals surface area contributed by atoms with Gasteiger partial charge in [-0.3, -0.25) is 19.1 Å². The first-order chi connectivity index (χ1) is 13.9. The summed E-state index contributed by atoms with van der Waals surface area (Å²) in [5.41, 5.74) is 1.93. The smallest absolute Gasteiger partial charge is 0.303 e. The number of aryl methyl sites for hydroxylation is 1. The molecule has 0 aromatic carbocycles. The molecule has 2 N–H and O–H groups in total. The van der Waals surface area contributed by atoms with Crippen molar-refractivity contribution in [3.05, 3.63) is 58.3 Å². The van der Waals surface area contributed by atoms with Crippen LogP contribution in [0.2, 0.25) is 0 Å². The molecule has 0 aliphatic rings. The molecule has 3 rings (SSSR count). The maximum Gasteiger partial charge on any atom is 0.303 e. The fourth-order valence-electron chi connectivity index (χ4n) is 3.42. The Labute approximate surface area is 168 Å². The van der Waals surface area contributed by atoms with Crippen molar-refractivity contribution >= 4 is 23.0 Å². The second kappa shape index (κ2) is 8.81. The van der Waals surface area contributed by atoms with Gasteiger partial charge in [-0.05, 0) is 43.0 Å². The number of nitrogens with one attached hydrogen (secondary N) is 1. The fourth-order valence-corrected chi connectivity index (χ4v) is 3.42. The average molecular weight is 395 g/mol. The molecule has 8 heteroatoms. The molecule has 3 aromatic rings. The Morgan fingerprint density at radius 3 is 2.62 bits per heavy atom. The van der Waals surface area contributed by atoms with Crippen molar-refractivity contribution in [1.29, 1.82) is 0 Å². The van der Waals surface area contributed by atoms with E-state index in [1.807, 2.05) is 38.1 Å². The Bertz CT molecular complexity index is 1060. The molecule has 3 heterocycles. The monoisotopic (exact) mass is 395 g/mol. The van der Waals surface area contributed by atoms with Gasteiger partial charge in [0.1, 0.15) is 17.0 Å². The van der Waals surface area contributed by atoms with Gasteiger partial charge in [0.05, 0.1) is 11.7 Å². The highest BCUT2D eigenvalue weighted by atomic mass is 16.4. The van der Waals surface area contributed by atoms with E-state index in [1.54, 1.807) is 23.9 Å². The van der Waals surface area contributed by atoms with Gasteiger partial charge in [0, 0.05) is 19.7 Å². The first-order valence-corrected chi connectivity index (χ1v) is 9.65. The van der Waals surface area contributed by atoms with E-state index in [4.69, 9.17) is 5.11 Å². The summed E-state index contributed by atoms with van der Waals surface area (Å²) in [5.74, 6) is -0.185. The minimum atomic E-state index is -0.889. The van der Waals surface area contributed by atoms with Crippen LogP contribution in [0.3, 0.4) is 0 Å². The largest absolute Gasteiger partial charge is 0.481 e. The predicted octanol–water partition coefficient (Wildman–Crippen LogP) is 2.88. The summed E-state index contributed by atoms with van der Waals surface area (Å²) in [7, 11) is 1.77. The molecule has 0 saturated heterocycles. The number of aliphatic carboxylic acids is 1. The number of pyridine rings is 2. The van der Waals surface area contributed by atoms with Crippen molar-refractivity contribution in [2.24, 2.45) is 5.92 Å². The highest BCUT2D eigenvalue weighted by Crippen LogP contribution is 2.27. The molecule has 0 radical (unpaired) electrons. The van der Waals surface area contributed by atoms with Crippen LogP contribution in [0.15, 0.2) is 41.3 Å². The molecule has 0 saturated carbocycles. The molecular formula is C21H25N5O3. The van der Waals surface area contributed by atoms with Gasteiger partial charge in [0.25, 0.3) is 5.56 Å². The Morgan fingerprint density at radius 1 is 1.21 bits per heavy atom. The van der Waals surface area contributed by atoms with Gasteiger partial charge in [-0.1, -0.05) is 19.9 Å². The van der Waals surface area contributed by atoms with Crippen LogP contribution in [0.1, 0.15) is 44.1 Å². The summed E-state index contributed by atoms with van der Waals surface area (Å²) in [6.45, 7) is 4.06. The molecule has 1 atom stereocenters. The molecule has 0 bridgehead atoms. The Hall–Kier alpha value is -3.29. The lowest BCUT2D eigenvalue weighted by atomic mass is 9.99. The van der Waals surface area contributed by atoms with Gasteiger partial charge < -0.3 is 10.4 Å². The molecule has 0 aliphatic carbocycles. The summed E-state index contributed by atoms with van der Waals surface area (Å²) in [5, 5.41) is 11.9. The number of carboxylic acid groups (broad SMARTS) is 1. The SMILES string of the molecule is CNc1ccc2nc(CCCC(=O)O)c(=O)n([C@H](c3ccccn3)C(C)C)c2n1. The molecule has 0 unspecified atom stereocenters. The zero-order valence-corrected chi connectivity index (χ0v) is 16.8. The van der Waals surface area contributed by atoms with Crippen LogP contribution in [0, 0.1) is 5.92 Å². The highest BCUT2D eigenvalue weighted by Gasteiger charge is 2.25. The van der Waals surface area contributed by atoms with Crippen molar-refractivity contribution < 1.29 is 9.90 Å². The Morgan fingerprint density at radius 2 is 2.00 bits per heavy atom. The van der Waals surface area contributed by atoms with Gasteiger partial charge in [-0.25, -0.2) is 9.97 Å². The Kier molecular flexibility index (Phi) is 6.21. The van der Waals surface area contributed by atoms with Gasteiger partial charge in [0.2, 0.25) is 0 Å². The highest BCUT2D eigenvalue weighted by molar-refractivity contribution is 5.73. The molecule has 0 spiro atoms. The van der Waals surface area contributed by atoms with Crippen molar-refractivity contribution in [2.45, 2.75) is 39.2 Å². The number of anilines is 1. The van der Waals surface area contributed by atoms with Crippen LogP contribution in [-0.4, -0.2) is 37.6 Å². The van der Waals surface area contributed by atoms with Crippen molar-refractivity contribution in [3.63, 3.8) is 0 Å². The van der Waals surface area contributed by atoms with Crippen LogP contribution in [0.25, 0.3) is 11.2 Å². The first-order valence-electron chi connectivity index (χ1n) is 9.65. The molecule has 0 fully saturated rings. The van der Waals surface area contributed by atoms with Crippen LogP contribution in [-0.2, 0) is 11.2 Å². The average Bonchev–Trinajstić information content (AvgIpc) is 2.70. The van der Waals surface area contributed by atoms with Crippen LogP contribution < -0.4 is 10.9 Å². The standard InChI is InChI=1S/C21H25N5O3/c1-13(2)19(14-7-4-5-12-23-14)26-20-15(10-11-17(22-3)25-20)24-16(21(26)29)8-6-9-18(27)28/h4-5,7,10-13,19H,6,8-9H2,1-3H3,(H,22,25)(H,27,28)/t19-/m0/s1. The lowest BCUT2D eigenvalue weighted by molar-refractivity contribution is -0.137. The van der Waals surface area contributed by atoms with Gasteiger partial charge in [-0.2, -0.15) is 0 Å². The lowest BCUT2D eigenvalue weighted by Crippen LogP contribution is -2.33. The molecular weight excluding hydrogens is 370 g/mol. The molecule has 152 valence electrons. The fraction of sp³-hybridized carbons (Fsp3) is 0.381. The molecule has 29 heavy (non-hydrogen) atoms. The van der Waals surface area contributed by atoms with Crippen LogP contribution in [0.4, 0.5) is 5.82 Å². The third kappa shape index (κ3) is 4.42. The summed E-state index contributed by atoms with van der Waals surface area (Å²) >= 11 is 0. The van der Waals surface area contributed by atoms with E-state index in [-0.39, 0.29) is 23.9 Å². The minimum absolute atomic E-state index is 0.00997. The van der Waals surface area contributed by atoms with E-state index in [0.29, 0.717) is 35.5 Å². The number of hydrogen-bond donors (Lipinski definition) is 2. The summed E-state index contributed by atoms with van der Waals surface area (Å²) in [6.07, 6.45) is 2.34. The molecule has 0 aliphatic heterocycles. The first kappa shape index (κ1) is 20.4. The van der Waals surface area contributed by atoms with Crippen LogP contribution in [0.5, 0.6) is 0 Å². The number of fused-ring (bicyclic) bond motifs is 1. The van der Waals surface area contributed by atoms with E-state index in [9.17, 15) is 9.59 Å². The normalized spacial score (nSPS) is 12.3. The summed E-state index contributed by atoms with van der Waals surface area (Å²) in [4.78, 5) is 37.9. The maximum atomic E-state index is 13.4. The number of carboxylic acids is 1. The topological polar surface area (TPSA) is 110 Å². The van der Waals surface area contributed by atoms with Gasteiger partial charge in [0.15, 0.2) is 5.65 Å². The molecule has 3 aromatic heterocycles. The van der Waals surface area contributed by atoms with E-state index >= 15 is 0 Å². The van der Waals surface area contributed by atoms with Crippen LogP contribution >= 0.6 is 0 Å². The zero-order valence-electron chi connectivity index (χ0n) is 16.8. The number of hydrogen-bond acceptors (Lipinski definition) is 6. The van der Waals surface area contributed by atoms with E-state index in [0.717, 1.165) is 5.69 Å². The maximum absolute atomic E-state index is 13.4. The predicted molar refractivity (Wildman–Crippen MR) is 111 cm³/mol. The number of rotatable bonds is 8. The van der Waals surface area contributed by atoms with Crippen molar-refractivity contribution in [2.75, 3.05) is 12.4 Å². The second-order valence-electron chi connectivity index (χ2n) is 7.21. The number of aromatic nitrogens is 4. The summed E-state index contributed by atoms with van der Waals surface area (Å²) < 4.78 is 1.66. The third-order valence-corrected chi connectivity index (χ3v) is 4.76. The number of nitrogens with zero attached hydrogens (tertiary/aromatic N) is 4. The zero-order chi connectivity index (χ0) is 21.0. The second-order valence-corrected chi connectivity index (χ2v) is 7.21. The van der Waals surface area contributed by atoms with Crippen molar-refractivity contribution in [1.82, 2.24) is 19.5 Å². The van der Waals surface area contributed by atoms with Crippen molar-refractivity contribution in [3.8, 4) is 0 Å². The number of carbonyl (C=O) groups is 1. The Balaban J connectivity index is 2.24. The third-order valence-electron chi connectivity index (χ3n) is 4.76. The molecule has 0 amide bonds. The summed E-state index contributed by atoms with van der Waals surface area (Å²) in [6, 6.07) is 8.92. The van der Waals surface area contributed by atoms with E-state index in [2.05, 4.69) is 20.3 Å². The van der Waals surface area contributed by atoms with E-state index in [1.165, 1.54) is 0 Å². The lowest BCUT2D eigenvalue weighted by Gasteiger charge is -2.25. The minimum Gasteiger partial charge on any atom is -0.481 e. The van der Waals surface area contributed by atoms with Gasteiger partial charge >= 0.3 is 5.97 Å². The quantitative estimate of drug-likeness (QED) is 0.603. The molecule has 8 nitrogen and oxygen atoms in total.